The Bertz CT molecular complexity index is 94.0. The molecule has 1 unspecified atom stereocenters. The summed E-state index contributed by atoms with van der Waals surface area (Å²) < 4.78 is 0. The fourth-order valence-corrected chi connectivity index (χ4v) is 0.236. The van der Waals surface area contributed by atoms with Gasteiger partial charge < -0.3 is 5.11 Å². The van der Waals surface area contributed by atoms with Crippen LogP contribution in [-0.4, -0.2) is 28.6 Å². The molecule has 0 saturated heterocycles. The van der Waals surface area contributed by atoms with E-state index in [1.807, 2.05) is 0 Å². The molecule has 3 nitrogen and oxygen atoms in total. The third-order valence-electron chi connectivity index (χ3n) is 0.835. The lowest BCUT2D eigenvalue weighted by molar-refractivity contribution is 0.153. The van der Waals surface area contributed by atoms with E-state index >= 15 is 0 Å². The monoisotopic (exact) mass is 137 g/mol. The minimum atomic E-state index is -1.01. The quantitative estimate of drug-likeness (QED) is 0.436. The number of amides is 1. The van der Waals surface area contributed by atoms with Gasteiger partial charge in [0.25, 0.3) is 0 Å². The Balaban J connectivity index is 3.64. The summed E-state index contributed by atoms with van der Waals surface area (Å²) in [5.41, 5.74) is -0.451. The van der Waals surface area contributed by atoms with Gasteiger partial charge in [-0.05, 0) is 6.92 Å². The SMILES string of the molecule is CC(Cl)N(C)C(=O)O. The van der Waals surface area contributed by atoms with Crippen molar-refractivity contribution in [2.75, 3.05) is 7.05 Å². The van der Waals surface area contributed by atoms with E-state index in [0.29, 0.717) is 0 Å². The van der Waals surface area contributed by atoms with Crippen molar-refractivity contribution in [3.8, 4) is 0 Å². The standard InChI is InChI=1S/C4H8ClNO2/c1-3(5)6(2)4(7)8/h3H,1-2H3,(H,7,8). The average molecular weight is 138 g/mol. The molecule has 1 atom stereocenters. The van der Waals surface area contributed by atoms with Gasteiger partial charge in [0.1, 0.15) is 5.50 Å². The van der Waals surface area contributed by atoms with Gasteiger partial charge in [-0.25, -0.2) is 4.79 Å². The fourth-order valence-electron chi connectivity index (χ4n) is 0.152. The highest BCUT2D eigenvalue weighted by Gasteiger charge is 2.09. The summed E-state index contributed by atoms with van der Waals surface area (Å²) in [5, 5.41) is 8.19. The second kappa shape index (κ2) is 2.77. The minimum absolute atomic E-state index is 0.451. The molecule has 1 amide bonds. The lowest BCUT2D eigenvalue weighted by Crippen LogP contribution is -2.29. The summed E-state index contributed by atoms with van der Waals surface area (Å²) in [6.45, 7) is 1.59. The molecule has 0 rings (SSSR count). The van der Waals surface area contributed by atoms with Crippen molar-refractivity contribution < 1.29 is 9.90 Å². The average Bonchev–Trinajstić information content (AvgIpc) is 1.64. The van der Waals surface area contributed by atoms with E-state index in [-0.39, 0.29) is 0 Å². The smallest absolute Gasteiger partial charge is 0.408 e. The van der Waals surface area contributed by atoms with Crippen molar-refractivity contribution >= 4 is 17.7 Å². The van der Waals surface area contributed by atoms with Gasteiger partial charge in [0.2, 0.25) is 0 Å². The molecule has 0 saturated carbocycles. The highest BCUT2D eigenvalue weighted by molar-refractivity contribution is 6.20. The molecule has 0 spiro atoms. The molecule has 0 aromatic carbocycles. The molecule has 0 bridgehead atoms. The third-order valence-corrected chi connectivity index (χ3v) is 1.13. The molecule has 0 heterocycles. The number of alkyl halides is 1. The van der Waals surface area contributed by atoms with Crippen LogP contribution in [0.3, 0.4) is 0 Å². The van der Waals surface area contributed by atoms with Crippen molar-refractivity contribution in [1.29, 1.82) is 0 Å². The predicted octanol–water partition coefficient (Wildman–Crippen LogP) is 1.18. The van der Waals surface area contributed by atoms with Crippen molar-refractivity contribution in [3.63, 3.8) is 0 Å². The lowest BCUT2D eigenvalue weighted by atomic mass is 10.6. The number of nitrogens with zero attached hydrogens (tertiary/aromatic N) is 1. The van der Waals surface area contributed by atoms with Gasteiger partial charge >= 0.3 is 6.09 Å². The Kier molecular flexibility index (Phi) is 2.62. The van der Waals surface area contributed by atoms with E-state index in [4.69, 9.17) is 16.7 Å². The highest BCUT2D eigenvalue weighted by atomic mass is 35.5. The van der Waals surface area contributed by atoms with Crippen LogP contribution in [0.5, 0.6) is 0 Å². The first-order valence-corrected chi connectivity index (χ1v) is 2.59. The summed E-state index contributed by atoms with van der Waals surface area (Å²) in [7, 11) is 1.42. The third kappa shape index (κ3) is 2.02. The largest absolute Gasteiger partial charge is 0.465 e. The van der Waals surface area contributed by atoms with E-state index in [9.17, 15) is 4.79 Å². The zero-order chi connectivity index (χ0) is 6.73. The highest BCUT2D eigenvalue weighted by Crippen LogP contribution is 1.98. The molecule has 4 heteroatoms. The second-order valence-electron chi connectivity index (χ2n) is 1.47. The van der Waals surface area contributed by atoms with Crippen molar-refractivity contribution in [3.05, 3.63) is 0 Å². The van der Waals surface area contributed by atoms with Crippen LogP contribution < -0.4 is 0 Å². The van der Waals surface area contributed by atoms with E-state index in [2.05, 4.69) is 0 Å². The van der Waals surface area contributed by atoms with Gasteiger partial charge in [0, 0.05) is 7.05 Å². The Hall–Kier alpha value is -0.440. The molecule has 48 valence electrons. The normalized spacial score (nSPS) is 12.9. The van der Waals surface area contributed by atoms with Crippen LogP contribution in [0.25, 0.3) is 0 Å². The van der Waals surface area contributed by atoms with E-state index < -0.39 is 11.6 Å². The molecule has 1 N–H and O–H groups in total. The van der Waals surface area contributed by atoms with Gasteiger partial charge in [0.05, 0.1) is 0 Å². The fraction of sp³-hybridized carbons (Fsp3) is 0.750. The van der Waals surface area contributed by atoms with Gasteiger partial charge in [-0.1, -0.05) is 11.6 Å². The van der Waals surface area contributed by atoms with E-state index in [1.165, 1.54) is 7.05 Å². The molecule has 0 aliphatic heterocycles. The van der Waals surface area contributed by atoms with Crippen LogP contribution >= 0.6 is 11.6 Å². The minimum Gasteiger partial charge on any atom is -0.465 e. The molecule has 0 aliphatic rings. The van der Waals surface area contributed by atoms with Crippen LogP contribution in [0, 0.1) is 0 Å². The van der Waals surface area contributed by atoms with Crippen molar-refractivity contribution in [2.24, 2.45) is 0 Å². The summed E-state index contributed by atoms with van der Waals surface area (Å²) >= 11 is 5.37. The van der Waals surface area contributed by atoms with Gasteiger partial charge in [-0.15, -0.1) is 0 Å². The number of carboxylic acid groups (broad SMARTS) is 1. The van der Waals surface area contributed by atoms with Gasteiger partial charge in [0.15, 0.2) is 0 Å². The first-order chi connectivity index (χ1) is 3.55. The molecule has 8 heavy (non-hydrogen) atoms. The Morgan fingerprint density at radius 1 is 1.88 bits per heavy atom. The zero-order valence-electron chi connectivity index (χ0n) is 4.76. The molecule has 0 aromatic rings. The van der Waals surface area contributed by atoms with Crippen LogP contribution in [-0.2, 0) is 0 Å². The molecule has 0 fully saturated rings. The maximum atomic E-state index is 9.98. The summed E-state index contributed by atoms with van der Waals surface area (Å²) in [4.78, 5) is 11.0. The predicted molar refractivity (Wildman–Crippen MR) is 31.1 cm³/mol. The topological polar surface area (TPSA) is 40.5 Å². The van der Waals surface area contributed by atoms with Crippen LogP contribution in [0.2, 0.25) is 0 Å². The Labute approximate surface area is 52.9 Å². The summed E-state index contributed by atoms with van der Waals surface area (Å²) in [5.74, 6) is 0. The summed E-state index contributed by atoms with van der Waals surface area (Å²) in [6, 6.07) is 0. The second-order valence-corrected chi connectivity index (χ2v) is 2.10. The lowest BCUT2D eigenvalue weighted by Gasteiger charge is -2.14. The van der Waals surface area contributed by atoms with Crippen molar-refractivity contribution in [2.45, 2.75) is 12.4 Å². The number of carbonyl (C=O) groups is 1. The molecular formula is C4H8ClNO2. The van der Waals surface area contributed by atoms with Crippen LogP contribution in [0.4, 0.5) is 4.79 Å². The molecular weight excluding hydrogens is 130 g/mol. The van der Waals surface area contributed by atoms with Gasteiger partial charge in [-0.2, -0.15) is 0 Å². The van der Waals surface area contributed by atoms with Crippen LogP contribution in [0.1, 0.15) is 6.92 Å². The van der Waals surface area contributed by atoms with E-state index in [1.54, 1.807) is 6.92 Å². The number of rotatable bonds is 1. The van der Waals surface area contributed by atoms with Gasteiger partial charge in [-0.3, -0.25) is 4.90 Å². The summed E-state index contributed by atoms with van der Waals surface area (Å²) in [6.07, 6.45) is -1.01. The first kappa shape index (κ1) is 7.56. The number of hydrogen-bond acceptors (Lipinski definition) is 1. The molecule has 0 radical (unpaired) electrons. The maximum Gasteiger partial charge on any atom is 0.408 e. The maximum absolute atomic E-state index is 9.98. The van der Waals surface area contributed by atoms with Crippen LogP contribution in [0.15, 0.2) is 0 Å². The Morgan fingerprint density at radius 2 is 2.25 bits per heavy atom. The number of halogens is 1. The first-order valence-electron chi connectivity index (χ1n) is 2.15. The molecule has 0 aliphatic carbocycles. The van der Waals surface area contributed by atoms with Crippen molar-refractivity contribution in [1.82, 2.24) is 4.90 Å². The zero-order valence-corrected chi connectivity index (χ0v) is 5.51. The molecule has 0 aromatic heterocycles. The Morgan fingerprint density at radius 3 is 2.25 bits per heavy atom. The number of hydrogen-bond donors (Lipinski definition) is 1. The van der Waals surface area contributed by atoms with E-state index in [0.717, 1.165) is 4.90 Å².